The van der Waals surface area contributed by atoms with E-state index in [0.29, 0.717) is 0 Å². The smallest absolute Gasteiger partial charge is 0.439 e. The minimum atomic E-state index is -4.72. The van der Waals surface area contributed by atoms with Crippen LogP contribution in [0, 0.1) is 0 Å². The molecule has 0 spiro atoms. The summed E-state index contributed by atoms with van der Waals surface area (Å²) in [4.78, 5) is 0. The Kier molecular flexibility index (Phi) is 18.8. The summed E-state index contributed by atoms with van der Waals surface area (Å²) in [5.41, 5.74) is 0. The highest BCUT2D eigenvalue weighted by atomic mass is 28.5. The van der Waals surface area contributed by atoms with Crippen LogP contribution in [0.25, 0.3) is 0 Å². The molecule has 0 aliphatic rings. The van der Waals surface area contributed by atoms with Gasteiger partial charge in [-0.2, -0.15) is 39.5 Å². The van der Waals surface area contributed by atoms with Crippen LogP contribution in [0.4, 0.5) is 39.5 Å². The minimum absolute atomic E-state index is 0.636. The second kappa shape index (κ2) is 18.6. The summed E-state index contributed by atoms with van der Waals surface area (Å²) in [6.45, 7) is 16.9. The first-order valence-corrected chi connectivity index (χ1v) is 36.1. The van der Waals surface area contributed by atoms with Gasteiger partial charge in [-0.3, -0.25) is 0 Å². The number of hydrogen-bond acceptors (Lipinski definition) is 10. The molecule has 0 fully saturated rings. The van der Waals surface area contributed by atoms with Crippen molar-refractivity contribution in [3.05, 3.63) is 0 Å². The number of hydrogen-bond donors (Lipinski definition) is 0. The molecule has 3 unspecified atom stereocenters. The highest BCUT2D eigenvalue weighted by molar-refractivity contribution is 6.92. The van der Waals surface area contributed by atoms with Gasteiger partial charge in [0.15, 0.2) is 9.04 Å². The van der Waals surface area contributed by atoms with Crippen LogP contribution in [0.3, 0.4) is 0 Å². The van der Waals surface area contributed by atoms with Gasteiger partial charge in [0, 0.05) is 40.6 Å². The second-order valence-electron chi connectivity index (χ2n) is 13.8. The predicted octanol–water partition coefficient (Wildman–Crippen LogP) is 8.64. The highest BCUT2D eigenvalue weighted by Crippen LogP contribution is 2.38. The Labute approximate surface area is 299 Å². The molecule has 0 aromatic heterocycles. The second-order valence-corrected chi connectivity index (χ2v) is 40.7. The lowest BCUT2D eigenvalue weighted by atomic mass is 10.5. The van der Waals surface area contributed by atoms with Crippen molar-refractivity contribution in [2.24, 2.45) is 0 Å². The van der Waals surface area contributed by atoms with Crippen molar-refractivity contribution >= 4 is 69.5 Å². The fourth-order valence-electron chi connectivity index (χ4n) is 5.34. The van der Waals surface area contributed by atoms with Gasteiger partial charge < -0.3 is 42.1 Å². The largest absolute Gasteiger partial charge is 0.669 e. The average molecular weight is 887 g/mol. The molecule has 0 aromatic rings. The topological polar surface area (TPSA) is 92.3 Å². The van der Waals surface area contributed by atoms with E-state index in [1.165, 1.54) is 54.1 Å². The Hall–Kier alpha value is 0.705. The fourth-order valence-corrected chi connectivity index (χ4v) is 42.2. The first-order valence-electron chi connectivity index (χ1n) is 15.7. The van der Waals surface area contributed by atoms with E-state index in [2.05, 4.69) is 0 Å². The third-order valence-electron chi connectivity index (χ3n) is 6.50. The zero-order chi connectivity index (χ0) is 39.9. The third-order valence-corrected chi connectivity index (χ3v) is 36.8. The Balaban J connectivity index is 6.73. The van der Waals surface area contributed by atoms with Crippen LogP contribution >= 0.6 is 0 Å². The van der Waals surface area contributed by atoms with Crippen LogP contribution in [0.1, 0.15) is 19.3 Å². The fraction of sp³-hybridized carbons (Fsp3) is 1.00. The molecule has 0 saturated heterocycles. The van der Waals surface area contributed by atoms with Gasteiger partial charge in [-0.05, 0) is 90.1 Å². The number of halogens is 9. The highest BCUT2D eigenvalue weighted by Gasteiger charge is 2.55. The molecule has 10 nitrogen and oxygen atoms in total. The van der Waals surface area contributed by atoms with Crippen LogP contribution in [-0.2, 0) is 42.1 Å². The molecule has 0 saturated carbocycles. The Morgan fingerprint density at radius 1 is 0.420 bits per heavy atom. The lowest BCUT2D eigenvalue weighted by molar-refractivity contribution is -0.132. The van der Waals surface area contributed by atoms with Crippen molar-refractivity contribution < 1.29 is 81.6 Å². The van der Waals surface area contributed by atoms with Gasteiger partial charge in [-0.1, -0.05) is 0 Å². The van der Waals surface area contributed by atoms with Crippen molar-refractivity contribution in [2.45, 2.75) is 128 Å². The molecule has 0 aliphatic heterocycles. The zero-order valence-corrected chi connectivity index (χ0v) is 39.5. The Morgan fingerprint density at radius 2 is 0.700 bits per heavy atom. The molecule has 0 radical (unpaired) electrons. The molecule has 0 heterocycles. The molecule has 27 heteroatoms. The molecule has 0 bridgehead atoms. The monoisotopic (exact) mass is 886 g/mol. The zero-order valence-electron chi connectivity index (χ0n) is 31.3. The summed E-state index contributed by atoms with van der Waals surface area (Å²) in [5.74, 6) is 0. The Bertz CT molecular complexity index is 1030. The maximum absolute atomic E-state index is 13.6. The molecule has 0 aromatic carbocycles. The van der Waals surface area contributed by atoms with Gasteiger partial charge in [0.25, 0.3) is 0 Å². The quantitative estimate of drug-likeness (QED) is 0.0734. The summed E-state index contributed by atoms with van der Waals surface area (Å²) in [6.07, 6.45) is -18.2. The minimum Gasteiger partial charge on any atom is -0.439 e. The summed E-state index contributed by atoms with van der Waals surface area (Å²) in [7, 11) is -24.0. The van der Waals surface area contributed by atoms with Crippen molar-refractivity contribution in [3.63, 3.8) is 0 Å². The van der Waals surface area contributed by atoms with E-state index in [4.69, 9.17) is 42.1 Å². The van der Waals surface area contributed by atoms with E-state index in [9.17, 15) is 39.5 Å². The molecule has 3 atom stereocenters. The standard InChI is InChI=1S/C23H55F9O10Si8/c1-33-50(34-2,35-3)40-46(10,11)38-44(6,7)37-45(8,9)39-48(13,19-16-22(27,28)29)42-49(14,20-17-23(30,31)32)41-47(12,36-43(4)5)18-15-21(24,25)26/h43H,15-20H2,1-14H3. The lowest BCUT2D eigenvalue weighted by Crippen LogP contribution is -2.63. The van der Waals surface area contributed by atoms with Crippen molar-refractivity contribution in [1.82, 2.24) is 0 Å². The number of rotatable bonds is 23. The summed E-state index contributed by atoms with van der Waals surface area (Å²) in [5, 5.41) is 0. The average Bonchev–Trinajstić information content (AvgIpc) is 2.85. The van der Waals surface area contributed by atoms with Crippen LogP contribution in [0.5, 0.6) is 0 Å². The van der Waals surface area contributed by atoms with Crippen LogP contribution in [0.15, 0.2) is 0 Å². The summed E-state index contributed by atoms with van der Waals surface area (Å²) >= 11 is 0. The van der Waals surface area contributed by atoms with E-state index in [1.54, 1.807) is 39.3 Å². The van der Waals surface area contributed by atoms with Crippen molar-refractivity contribution in [2.75, 3.05) is 21.3 Å². The summed E-state index contributed by atoms with van der Waals surface area (Å²) in [6, 6.07) is -2.19. The first-order chi connectivity index (χ1) is 22.0. The molecule has 302 valence electrons. The van der Waals surface area contributed by atoms with Gasteiger partial charge in [-0.25, -0.2) is 0 Å². The van der Waals surface area contributed by atoms with Crippen LogP contribution in [-0.4, -0.2) is 109 Å². The van der Waals surface area contributed by atoms with Crippen LogP contribution in [0.2, 0.25) is 90.1 Å². The van der Waals surface area contributed by atoms with E-state index >= 15 is 0 Å². The molecule has 50 heavy (non-hydrogen) atoms. The van der Waals surface area contributed by atoms with Crippen LogP contribution < -0.4 is 0 Å². The van der Waals surface area contributed by atoms with Gasteiger partial charge >= 0.3 is 78.9 Å². The van der Waals surface area contributed by atoms with E-state index in [0.717, 1.165) is 0 Å². The maximum atomic E-state index is 13.6. The van der Waals surface area contributed by atoms with E-state index in [-0.39, 0.29) is 0 Å². The molecule has 0 N–H and O–H groups in total. The molecule has 0 aliphatic carbocycles. The maximum Gasteiger partial charge on any atom is 0.669 e. The first kappa shape index (κ1) is 50.7. The normalized spacial score (nSPS) is 18.2. The SMILES string of the molecule is CO[Si](OC)(OC)O[Si](C)(C)O[Si](C)(C)O[Si](C)(C)O[Si](C)(CCC(F)(F)F)O[Si](C)(CCC(F)(F)F)O[Si](C)(CCC(F)(F)F)O[SiH](C)C. The van der Waals surface area contributed by atoms with Gasteiger partial charge in [-0.15, -0.1) is 0 Å². The van der Waals surface area contributed by atoms with Gasteiger partial charge in [0.05, 0.1) is 0 Å². The predicted molar refractivity (Wildman–Crippen MR) is 187 cm³/mol. The van der Waals surface area contributed by atoms with Crippen molar-refractivity contribution in [1.29, 1.82) is 0 Å². The molecular formula is C23H55F9O10Si8. The van der Waals surface area contributed by atoms with E-state index < -0.39 is 125 Å². The molecular weight excluding hydrogens is 832 g/mol. The molecule has 0 amide bonds. The van der Waals surface area contributed by atoms with Gasteiger partial charge in [0.1, 0.15) is 0 Å². The molecule has 0 rings (SSSR count). The van der Waals surface area contributed by atoms with E-state index in [1.807, 2.05) is 0 Å². The number of alkyl halides is 9. The lowest BCUT2D eigenvalue weighted by Gasteiger charge is -2.46. The van der Waals surface area contributed by atoms with Gasteiger partial charge in [0.2, 0.25) is 0 Å². The third kappa shape index (κ3) is 21.6. The summed E-state index contributed by atoms with van der Waals surface area (Å²) < 4.78 is 181. The Morgan fingerprint density at radius 3 is 1.02 bits per heavy atom. The van der Waals surface area contributed by atoms with Crippen molar-refractivity contribution in [3.8, 4) is 0 Å².